The summed E-state index contributed by atoms with van der Waals surface area (Å²) in [6.45, 7) is 0. The second kappa shape index (κ2) is 2.49. The van der Waals surface area contributed by atoms with Crippen LogP contribution < -0.4 is 5.73 Å². The van der Waals surface area contributed by atoms with E-state index in [9.17, 15) is 4.79 Å². The molecule has 3 N–H and O–H groups in total. The molecule has 4 heteroatoms. The maximum absolute atomic E-state index is 10.4. The van der Waals surface area contributed by atoms with Gasteiger partial charge >= 0.3 is 0 Å². The lowest BCUT2D eigenvalue weighted by molar-refractivity contribution is 0.0991. The van der Waals surface area contributed by atoms with Gasteiger partial charge < -0.3 is 10.2 Å². The van der Waals surface area contributed by atoms with Crippen molar-refractivity contribution in [1.82, 2.24) is 5.73 Å². The van der Waals surface area contributed by atoms with Crippen LogP contribution in [0.15, 0.2) is 18.2 Å². The van der Waals surface area contributed by atoms with Crippen LogP contribution in [0.3, 0.4) is 0 Å². The Morgan fingerprint density at radius 1 is 1.27 bits per heavy atom. The van der Waals surface area contributed by atoms with E-state index in [1.54, 1.807) is 0 Å². The number of hydrogen-bond acceptors (Lipinski definition) is 3. The number of nitrogens with one attached hydrogen (secondary N) is 1. The first-order chi connectivity index (χ1) is 5.11. The van der Waals surface area contributed by atoms with Gasteiger partial charge in [-0.3, -0.25) is 10.5 Å². The van der Waals surface area contributed by atoms with Gasteiger partial charge in [-0.1, -0.05) is 0 Å². The number of aromatic hydroxyl groups is 2. The van der Waals surface area contributed by atoms with Crippen LogP contribution in [-0.4, -0.2) is 16.1 Å². The van der Waals surface area contributed by atoms with Gasteiger partial charge in [0, 0.05) is 5.56 Å². The van der Waals surface area contributed by atoms with Crippen LogP contribution in [-0.2, 0) is 0 Å². The molecule has 0 unspecified atom stereocenters. The van der Waals surface area contributed by atoms with Crippen molar-refractivity contribution in [2.75, 3.05) is 0 Å². The Morgan fingerprint density at radius 3 is 2.36 bits per heavy atom. The lowest BCUT2D eigenvalue weighted by atomic mass is 10.2. The van der Waals surface area contributed by atoms with Crippen molar-refractivity contribution in [2.45, 2.75) is 0 Å². The maximum atomic E-state index is 10.4. The fraction of sp³-hybridized carbons (Fsp3) is 0. The van der Waals surface area contributed by atoms with Gasteiger partial charge in [-0.05, 0) is 18.2 Å². The highest BCUT2D eigenvalue weighted by molar-refractivity contribution is 5.92. The third-order valence-electron chi connectivity index (χ3n) is 1.24. The van der Waals surface area contributed by atoms with Crippen molar-refractivity contribution in [3.05, 3.63) is 23.8 Å². The molecular formula is C7H6NO3. The Morgan fingerprint density at radius 2 is 1.91 bits per heavy atom. The number of phenols is 2. The van der Waals surface area contributed by atoms with Gasteiger partial charge in [-0.25, -0.2) is 0 Å². The standard InChI is InChI=1S/C7H6NO3/c8-7(11)4-1-2-5(9)6(10)3-4/h1-3,8-10H. The average Bonchev–Trinajstić information content (AvgIpc) is 1.94. The molecule has 0 bridgehead atoms. The number of carbonyl (C=O) groups is 1. The largest absolute Gasteiger partial charge is 0.504 e. The van der Waals surface area contributed by atoms with Gasteiger partial charge in [0.1, 0.15) is 0 Å². The zero-order valence-corrected chi connectivity index (χ0v) is 5.53. The van der Waals surface area contributed by atoms with Crippen molar-refractivity contribution in [2.24, 2.45) is 0 Å². The van der Waals surface area contributed by atoms with Gasteiger partial charge in [0.2, 0.25) is 0 Å². The molecule has 1 radical (unpaired) electrons. The molecule has 0 spiro atoms. The molecule has 4 nitrogen and oxygen atoms in total. The van der Waals surface area contributed by atoms with Crippen LogP contribution >= 0.6 is 0 Å². The first kappa shape index (κ1) is 7.40. The molecule has 0 saturated carbocycles. The topological polar surface area (TPSA) is 81.3 Å². The van der Waals surface area contributed by atoms with Gasteiger partial charge in [0.25, 0.3) is 5.91 Å². The Labute approximate surface area is 62.9 Å². The highest BCUT2D eigenvalue weighted by Crippen LogP contribution is 2.24. The smallest absolute Gasteiger partial charge is 0.269 e. The first-order valence-corrected chi connectivity index (χ1v) is 2.89. The third kappa shape index (κ3) is 1.40. The van der Waals surface area contributed by atoms with Gasteiger partial charge in [0.05, 0.1) is 0 Å². The molecule has 0 aliphatic heterocycles. The van der Waals surface area contributed by atoms with Crippen LogP contribution in [0, 0.1) is 0 Å². The van der Waals surface area contributed by atoms with E-state index in [-0.39, 0.29) is 17.1 Å². The van der Waals surface area contributed by atoms with Crippen molar-refractivity contribution in [3.63, 3.8) is 0 Å². The maximum Gasteiger partial charge on any atom is 0.269 e. The minimum absolute atomic E-state index is 0.0558. The zero-order chi connectivity index (χ0) is 8.43. The molecule has 1 aromatic rings. The number of rotatable bonds is 1. The Balaban J connectivity index is 3.15. The number of carbonyl (C=O) groups excluding carboxylic acids is 1. The van der Waals surface area contributed by atoms with Crippen LogP contribution in [0.2, 0.25) is 0 Å². The number of amides is 1. The fourth-order valence-electron chi connectivity index (χ4n) is 0.665. The predicted molar refractivity (Wildman–Crippen MR) is 37.2 cm³/mol. The minimum atomic E-state index is -0.889. The second-order valence-corrected chi connectivity index (χ2v) is 2.03. The Bertz CT molecular complexity index is 296. The molecule has 1 amide bonds. The SMILES string of the molecule is [NH]C(=O)c1ccc(O)c(O)c1. The van der Waals surface area contributed by atoms with E-state index in [2.05, 4.69) is 0 Å². The van der Waals surface area contributed by atoms with Gasteiger partial charge in [-0.15, -0.1) is 0 Å². The van der Waals surface area contributed by atoms with E-state index in [4.69, 9.17) is 15.9 Å². The summed E-state index contributed by atoms with van der Waals surface area (Å²) in [5, 5.41) is 17.7. The van der Waals surface area contributed by atoms with Crippen molar-refractivity contribution >= 4 is 5.91 Å². The molecule has 0 aliphatic carbocycles. The van der Waals surface area contributed by atoms with Crippen LogP contribution in [0.5, 0.6) is 11.5 Å². The third-order valence-corrected chi connectivity index (χ3v) is 1.24. The summed E-state index contributed by atoms with van der Waals surface area (Å²) >= 11 is 0. The lowest BCUT2D eigenvalue weighted by Gasteiger charge is -1.97. The van der Waals surface area contributed by atoms with Crippen molar-refractivity contribution in [1.29, 1.82) is 0 Å². The van der Waals surface area contributed by atoms with Crippen LogP contribution in [0.1, 0.15) is 10.4 Å². The van der Waals surface area contributed by atoms with E-state index < -0.39 is 5.91 Å². The summed E-state index contributed by atoms with van der Waals surface area (Å²) in [5.74, 6) is -1.57. The quantitative estimate of drug-likeness (QED) is 0.575. The van der Waals surface area contributed by atoms with Crippen LogP contribution in [0.25, 0.3) is 0 Å². The molecular weight excluding hydrogens is 146 g/mol. The molecule has 0 atom stereocenters. The summed E-state index contributed by atoms with van der Waals surface area (Å²) in [6, 6.07) is 3.48. The van der Waals surface area contributed by atoms with E-state index in [1.165, 1.54) is 6.07 Å². The van der Waals surface area contributed by atoms with Gasteiger partial charge in [0.15, 0.2) is 11.5 Å². The average molecular weight is 152 g/mol. The van der Waals surface area contributed by atoms with Crippen molar-refractivity contribution in [3.8, 4) is 11.5 Å². The van der Waals surface area contributed by atoms with Crippen molar-refractivity contribution < 1.29 is 15.0 Å². The molecule has 0 heterocycles. The number of hydrogen-bond donors (Lipinski definition) is 2. The molecule has 0 saturated heterocycles. The normalized spacial score (nSPS) is 9.45. The second-order valence-electron chi connectivity index (χ2n) is 2.03. The Kier molecular flexibility index (Phi) is 1.68. The first-order valence-electron chi connectivity index (χ1n) is 2.89. The van der Waals surface area contributed by atoms with E-state index >= 15 is 0 Å². The zero-order valence-electron chi connectivity index (χ0n) is 5.53. The minimum Gasteiger partial charge on any atom is -0.504 e. The molecule has 1 rings (SSSR count). The summed E-state index contributed by atoms with van der Waals surface area (Å²) in [6.07, 6.45) is 0. The monoisotopic (exact) mass is 152 g/mol. The summed E-state index contributed by atoms with van der Waals surface area (Å²) in [5.41, 5.74) is 6.71. The fourth-order valence-corrected chi connectivity index (χ4v) is 0.665. The number of phenolic OH excluding ortho intramolecular Hbond substituents is 2. The van der Waals surface area contributed by atoms with E-state index in [1.807, 2.05) is 0 Å². The lowest BCUT2D eigenvalue weighted by Crippen LogP contribution is -1.97. The molecule has 57 valence electrons. The summed E-state index contributed by atoms with van der Waals surface area (Å²) < 4.78 is 0. The predicted octanol–water partition coefficient (Wildman–Crippen LogP) is 0.521. The highest BCUT2D eigenvalue weighted by atomic mass is 16.3. The molecule has 0 fully saturated rings. The molecule has 11 heavy (non-hydrogen) atoms. The molecule has 0 aliphatic rings. The highest BCUT2D eigenvalue weighted by Gasteiger charge is 2.04. The summed E-state index contributed by atoms with van der Waals surface area (Å²) in [4.78, 5) is 10.4. The molecule has 1 aromatic carbocycles. The van der Waals surface area contributed by atoms with Crippen LogP contribution in [0.4, 0.5) is 0 Å². The van der Waals surface area contributed by atoms with E-state index in [0.717, 1.165) is 12.1 Å². The Hall–Kier alpha value is -1.71. The van der Waals surface area contributed by atoms with Gasteiger partial charge in [-0.2, -0.15) is 0 Å². The molecule has 0 aromatic heterocycles. The number of benzene rings is 1. The van der Waals surface area contributed by atoms with E-state index in [0.29, 0.717) is 0 Å². The summed E-state index contributed by atoms with van der Waals surface area (Å²) in [7, 11) is 0.